The molecule has 0 N–H and O–H groups in total. The number of rotatable bonds is 2. The van der Waals surface area contributed by atoms with Gasteiger partial charge in [0.1, 0.15) is 16.1 Å². The predicted molar refractivity (Wildman–Crippen MR) is 122 cm³/mol. The maximum absolute atomic E-state index is 13.2. The first-order valence-corrected chi connectivity index (χ1v) is 12.2. The van der Waals surface area contributed by atoms with E-state index in [2.05, 4.69) is 30.5 Å². The third-order valence-electron chi connectivity index (χ3n) is 6.49. The molecule has 0 unspecified atom stereocenters. The van der Waals surface area contributed by atoms with Crippen molar-refractivity contribution in [1.29, 1.82) is 0 Å². The summed E-state index contributed by atoms with van der Waals surface area (Å²) >= 11 is 1.83. The minimum Gasteiger partial charge on any atom is -0.314 e. The quantitative estimate of drug-likeness (QED) is 0.545. The van der Waals surface area contributed by atoms with Crippen molar-refractivity contribution in [3.8, 4) is 0 Å². The Morgan fingerprint density at radius 2 is 1.80 bits per heavy atom. The molecule has 2 aromatic heterocycles. The highest BCUT2D eigenvalue weighted by Gasteiger charge is 2.22. The molecule has 2 aliphatic rings. The highest BCUT2D eigenvalue weighted by molar-refractivity contribution is 7.18. The number of hydrogen-bond donors (Lipinski definition) is 0. The SMILES string of the molecule is CC(C)c1ccc(C(=O)N=c2c3c4c(sc3nc3n2CCCCC3)CCCC4)cc1. The molecular formula is C25H29N3OS. The van der Waals surface area contributed by atoms with E-state index in [1.54, 1.807) is 0 Å². The number of thiophene rings is 1. The number of aryl methyl sites for hydroxylation is 3. The molecule has 3 aromatic rings. The van der Waals surface area contributed by atoms with Gasteiger partial charge in [0.15, 0.2) is 0 Å². The lowest BCUT2D eigenvalue weighted by molar-refractivity contribution is 0.0997. The molecular weight excluding hydrogens is 390 g/mol. The Labute approximate surface area is 181 Å². The van der Waals surface area contributed by atoms with E-state index in [9.17, 15) is 4.79 Å². The van der Waals surface area contributed by atoms with Crippen LogP contribution < -0.4 is 5.49 Å². The molecule has 1 amide bonds. The van der Waals surface area contributed by atoms with Gasteiger partial charge in [0.25, 0.3) is 5.91 Å². The van der Waals surface area contributed by atoms with E-state index >= 15 is 0 Å². The lowest BCUT2D eigenvalue weighted by Crippen LogP contribution is -2.27. The number of fused-ring (bicyclic) bond motifs is 4. The van der Waals surface area contributed by atoms with Gasteiger partial charge in [-0.05, 0) is 67.7 Å². The Morgan fingerprint density at radius 3 is 2.60 bits per heavy atom. The minimum atomic E-state index is -0.146. The Morgan fingerprint density at radius 1 is 1.03 bits per heavy atom. The Balaban J connectivity index is 1.70. The largest absolute Gasteiger partial charge is 0.314 e. The molecule has 1 aromatic carbocycles. The molecule has 0 spiro atoms. The summed E-state index contributed by atoms with van der Waals surface area (Å²) in [6, 6.07) is 7.95. The van der Waals surface area contributed by atoms with Crippen LogP contribution in [0.2, 0.25) is 0 Å². The molecule has 30 heavy (non-hydrogen) atoms. The van der Waals surface area contributed by atoms with Crippen LogP contribution >= 0.6 is 11.3 Å². The van der Waals surface area contributed by atoms with E-state index in [0.29, 0.717) is 11.5 Å². The summed E-state index contributed by atoms with van der Waals surface area (Å²) < 4.78 is 2.25. The number of amides is 1. The van der Waals surface area contributed by atoms with Crippen LogP contribution in [0, 0.1) is 0 Å². The number of carbonyl (C=O) groups is 1. The molecule has 0 bridgehead atoms. The summed E-state index contributed by atoms with van der Waals surface area (Å²) in [5.74, 6) is 1.40. The number of hydrogen-bond acceptors (Lipinski definition) is 3. The normalized spacial score (nSPS) is 17.1. The zero-order valence-electron chi connectivity index (χ0n) is 17.9. The van der Waals surface area contributed by atoms with Crippen LogP contribution in [0.3, 0.4) is 0 Å². The summed E-state index contributed by atoms with van der Waals surface area (Å²) in [6.07, 6.45) is 9.14. The van der Waals surface area contributed by atoms with E-state index in [1.165, 1.54) is 35.3 Å². The van der Waals surface area contributed by atoms with Gasteiger partial charge in [-0.25, -0.2) is 4.98 Å². The molecule has 1 aliphatic heterocycles. The molecule has 5 rings (SSSR count). The highest BCUT2D eigenvalue weighted by Crippen LogP contribution is 2.34. The smallest absolute Gasteiger partial charge is 0.278 e. The standard InChI is InChI=1S/C25H29N3OS/c1-16(2)17-11-13-18(14-12-17)24(29)27-23-22-19-8-5-6-9-20(19)30-25(22)26-21-10-4-3-7-15-28(21)23/h11-14,16H,3-10,15H2,1-2H3. The van der Waals surface area contributed by atoms with E-state index in [-0.39, 0.29) is 5.91 Å². The van der Waals surface area contributed by atoms with Crippen LogP contribution in [0.15, 0.2) is 29.3 Å². The third-order valence-corrected chi connectivity index (χ3v) is 7.67. The van der Waals surface area contributed by atoms with Crippen LogP contribution in [-0.2, 0) is 25.8 Å². The fourth-order valence-corrected chi connectivity index (χ4v) is 6.01. The van der Waals surface area contributed by atoms with Crippen LogP contribution in [0.25, 0.3) is 10.2 Å². The summed E-state index contributed by atoms with van der Waals surface area (Å²) in [5.41, 5.74) is 4.16. The molecule has 0 saturated heterocycles. The maximum Gasteiger partial charge on any atom is 0.278 e. The predicted octanol–water partition coefficient (Wildman–Crippen LogP) is 5.57. The average Bonchev–Trinajstić information content (AvgIpc) is 2.95. The van der Waals surface area contributed by atoms with Gasteiger partial charge in [0.05, 0.1) is 5.39 Å². The van der Waals surface area contributed by atoms with Crippen molar-refractivity contribution in [1.82, 2.24) is 9.55 Å². The molecule has 0 atom stereocenters. The molecule has 0 saturated carbocycles. The molecule has 0 fully saturated rings. The van der Waals surface area contributed by atoms with Gasteiger partial charge in [-0.1, -0.05) is 32.4 Å². The molecule has 3 heterocycles. The van der Waals surface area contributed by atoms with Gasteiger partial charge in [0.2, 0.25) is 0 Å². The Kier molecular flexibility index (Phi) is 5.32. The van der Waals surface area contributed by atoms with Gasteiger partial charge < -0.3 is 4.57 Å². The van der Waals surface area contributed by atoms with Crippen LogP contribution in [-0.4, -0.2) is 15.5 Å². The van der Waals surface area contributed by atoms with Crippen molar-refractivity contribution in [2.45, 2.75) is 77.7 Å². The summed E-state index contributed by atoms with van der Waals surface area (Å²) in [4.78, 5) is 25.6. The number of aromatic nitrogens is 2. The zero-order valence-corrected chi connectivity index (χ0v) is 18.7. The van der Waals surface area contributed by atoms with Crippen molar-refractivity contribution in [2.24, 2.45) is 4.99 Å². The first-order chi connectivity index (χ1) is 14.6. The van der Waals surface area contributed by atoms with Crippen molar-refractivity contribution in [3.63, 3.8) is 0 Å². The van der Waals surface area contributed by atoms with Crippen molar-refractivity contribution < 1.29 is 4.79 Å². The average molecular weight is 420 g/mol. The lowest BCUT2D eigenvalue weighted by Gasteiger charge is -2.14. The molecule has 0 radical (unpaired) electrons. The fraction of sp³-hybridized carbons (Fsp3) is 0.480. The van der Waals surface area contributed by atoms with Crippen LogP contribution in [0.4, 0.5) is 0 Å². The van der Waals surface area contributed by atoms with Crippen LogP contribution in [0.5, 0.6) is 0 Å². The van der Waals surface area contributed by atoms with Crippen molar-refractivity contribution in [3.05, 3.63) is 57.1 Å². The fourth-order valence-electron chi connectivity index (χ4n) is 4.74. The number of carbonyl (C=O) groups excluding carboxylic acids is 1. The van der Waals surface area contributed by atoms with Gasteiger partial charge in [0, 0.05) is 23.4 Å². The van der Waals surface area contributed by atoms with Gasteiger partial charge in [-0.2, -0.15) is 4.99 Å². The Hall–Kier alpha value is -2.27. The summed E-state index contributed by atoms with van der Waals surface area (Å²) in [6.45, 7) is 5.24. The van der Waals surface area contributed by atoms with Crippen molar-refractivity contribution >= 4 is 27.5 Å². The second kappa shape index (κ2) is 8.10. The van der Waals surface area contributed by atoms with Gasteiger partial charge in [-0.15, -0.1) is 11.3 Å². The zero-order chi connectivity index (χ0) is 20.7. The molecule has 1 aliphatic carbocycles. The van der Waals surface area contributed by atoms with Crippen LogP contribution in [0.1, 0.15) is 84.1 Å². The third kappa shape index (κ3) is 3.53. The van der Waals surface area contributed by atoms with E-state index in [4.69, 9.17) is 9.98 Å². The first-order valence-electron chi connectivity index (χ1n) is 11.3. The molecule has 4 nitrogen and oxygen atoms in total. The monoisotopic (exact) mass is 419 g/mol. The van der Waals surface area contributed by atoms with E-state index < -0.39 is 0 Å². The van der Waals surface area contributed by atoms with Gasteiger partial charge >= 0.3 is 0 Å². The Bertz CT molecular complexity index is 1170. The van der Waals surface area contributed by atoms with E-state index in [1.807, 2.05) is 23.5 Å². The van der Waals surface area contributed by atoms with E-state index in [0.717, 1.165) is 60.2 Å². The summed E-state index contributed by atoms with van der Waals surface area (Å²) in [7, 11) is 0. The van der Waals surface area contributed by atoms with Gasteiger partial charge in [-0.3, -0.25) is 4.79 Å². The number of benzene rings is 1. The second-order valence-electron chi connectivity index (χ2n) is 8.90. The molecule has 156 valence electrons. The summed E-state index contributed by atoms with van der Waals surface area (Å²) in [5, 5.41) is 1.15. The topological polar surface area (TPSA) is 47.2 Å². The first kappa shape index (κ1) is 19.7. The number of nitrogens with zero attached hydrogens (tertiary/aromatic N) is 3. The molecule has 5 heteroatoms. The maximum atomic E-state index is 13.2. The van der Waals surface area contributed by atoms with Crippen molar-refractivity contribution in [2.75, 3.05) is 0 Å². The minimum absolute atomic E-state index is 0.146. The second-order valence-corrected chi connectivity index (χ2v) is 9.98. The highest BCUT2D eigenvalue weighted by atomic mass is 32.1. The lowest BCUT2D eigenvalue weighted by atomic mass is 9.97.